The van der Waals surface area contributed by atoms with Gasteiger partial charge in [0, 0.05) is 22.2 Å². The summed E-state index contributed by atoms with van der Waals surface area (Å²) in [5, 5.41) is 11.7. The molecule has 0 spiro atoms. The molecule has 2 aliphatic rings. The number of hydrogen-bond acceptors (Lipinski definition) is 4. The van der Waals surface area contributed by atoms with Crippen molar-refractivity contribution in [1.82, 2.24) is 20.3 Å². The zero-order chi connectivity index (χ0) is 12.8. The maximum absolute atomic E-state index is 4.17. The van der Waals surface area contributed by atoms with Crippen LogP contribution in [-0.2, 0) is 0 Å². The smallest absolute Gasteiger partial charge is 0.114 e. The first-order valence-electron chi connectivity index (χ1n) is 6.99. The summed E-state index contributed by atoms with van der Waals surface area (Å²) in [5.74, 6) is 0. The van der Waals surface area contributed by atoms with Crippen LogP contribution in [0.25, 0.3) is 11.0 Å². The second kappa shape index (κ2) is 4.49. The van der Waals surface area contributed by atoms with Gasteiger partial charge in [-0.2, -0.15) is 15.4 Å². The number of nitrogens with zero attached hydrogens (tertiary/aromatic N) is 3. The number of benzene rings is 1. The van der Waals surface area contributed by atoms with E-state index in [4.69, 9.17) is 0 Å². The fraction of sp³-hybridized carbons (Fsp3) is 0.571. The molecule has 2 aromatic rings. The summed E-state index contributed by atoms with van der Waals surface area (Å²) in [5.41, 5.74) is 1.92. The van der Waals surface area contributed by atoms with E-state index < -0.39 is 0 Å². The molecule has 19 heavy (non-hydrogen) atoms. The van der Waals surface area contributed by atoms with Crippen LogP contribution in [0.1, 0.15) is 25.7 Å². The van der Waals surface area contributed by atoms with Gasteiger partial charge in [0.2, 0.25) is 0 Å². The molecule has 0 saturated carbocycles. The molecule has 1 N–H and O–H groups in total. The maximum Gasteiger partial charge on any atom is 0.114 e. The number of fused-ring (bicyclic) bond motifs is 3. The lowest BCUT2D eigenvalue weighted by Crippen LogP contribution is -2.40. The summed E-state index contributed by atoms with van der Waals surface area (Å²) in [4.78, 5) is 3.92. The predicted octanol–water partition coefficient (Wildman–Crippen LogP) is 2.68. The molecule has 0 aliphatic carbocycles. The summed E-state index contributed by atoms with van der Waals surface area (Å²) in [7, 11) is 2.30. The summed E-state index contributed by atoms with van der Waals surface area (Å²) < 4.78 is 0. The molecule has 4 nitrogen and oxygen atoms in total. The zero-order valence-corrected chi connectivity index (χ0v) is 11.9. The summed E-state index contributed by atoms with van der Waals surface area (Å²) >= 11 is 2.02. The van der Waals surface area contributed by atoms with E-state index in [2.05, 4.69) is 45.6 Å². The van der Waals surface area contributed by atoms with Crippen LogP contribution in [0.15, 0.2) is 23.1 Å². The van der Waals surface area contributed by atoms with E-state index in [1.54, 1.807) is 0 Å². The molecule has 2 unspecified atom stereocenters. The van der Waals surface area contributed by atoms with Gasteiger partial charge in [-0.15, -0.1) is 11.8 Å². The summed E-state index contributed by atoms with van der Waals surface area (Å²) in [6.07, 6.45) is 5.43. The Balaban J connectivity index is 1.52. The number of piperidine rings is 1. The summed E-state index contributed by atoms with van der Waals surface area (Å²) in [6, 6.07) is 8.02. The Morgan fingerprint density at radius 3 is 2.68 bits per heavy atom. The van der Waals surface area contributed by atoms with Crippen molar-refractivity contribution in [3.63, 3.8) is 0 Å². The third kappa shape index (κ3) is 2.05. The molecular weight excluding hydrogens is 256 g/mol. The van der Waals surface area contributed by atoms with Gasteiger partial charge in [-0.1, -0.05) is 0 Å². The number of thioether (sulfide) groups is 1. The van der Waals surface area contributed by atoms with Crippen molar-refractivity contribution in [3.05, 3.63) is 18.2 Å². The van der Waals surface area contributed by atoms with Gasteiger partial charge in [0.25, 0.3) is 0 Å². The van der Waals surface area contributed by atoms with Crippen molar-refractivity contribution in [1.29, 1.82) is 0 Å². The Hall–Kier alpha value is -1.07. The fourth-order valence-corrected chi connectivity index (χ4v) is 4.89. The van der Waals surface area contributed by atoms with Gasteiger partial charge in [-0.25, -0.2) is 0 Å². The minimum atomic E-state index is 0.762. The molecule has 0 amide bonds. The lowest BCUT2D eigenvalue weighted by atomic mass is 10.0. The van der Waals surface area contributed by atoms with Crippen LogP contribution in [0, 0.1) is 0 Å². The van der Waals surface area contributed by atoms with Crippen LogP contribution in [0.4, 0.5) is 0 Å². The molecule has 2 aliphatic heterocycles. The minimum absolute atomic E-state index is 0.762. The van der Waals surface area contributed by atoms with Gasteiger partial charge in [0.05, 0.1) is 0 Å². The molecule has 100 valence electrons. The molecule has 2 saturated heterocycles. The highest BCUT2D eigenvalue weighted by molar-refractivity contribution is 8.00. The van der Waals surface area contributed by atoms with Crippen molar-refractivity contribution in [2.75, 3.05) is 7.05 Å². The van der Waals surface area contributed by atoms with Gasteiger partial charge in [-0.05, 0) is 50.9 Å². The van der Waals surface area contributed by atoms with E-state index >= 15 is 0 Å². The van der Waals surface area contributed by atoms with Crippen molar-refractivity contribution in [2.24, 2.45) is 0 Å². The van der Waals surface area contributed by atoms with E-state index in [1.165, 1.54) is 30.6 Å². The van der Waals surface area contributed by atoms with Gasteiger partial charge < -0.3 is 4.90 Å². The first kappa shape index (κ1) is 11.7. The van der Waals surface area contributed by atoms with Crippen LogP contribution in [0.3, 0.4) is 0 Å². The molecule has 2 atom stereocenters. The Morgan fingerprint density at radius 1 is 1.16 bits per heavy atom. The molecule has 0 radical (unpaired) electrons. The number of hydrogen-bond donors (Lipinski definition) is 1. The van der Waals surface area contributed by atoms with Crippen molar-refractivity contribution >= 4 is 22.8 Å². The fourth-order valence-electron chi connectivity index (χ4n) is 3.54. The largest absolute Gasteiger partial charge is 0.300 e. The van der Waals surface area contributed by atoms with E-state index in [0.29, 0.717) is 0 Å². The number of rotatable bonds is 2. The normalized spacial score (nSPS) is 31.1. The average molecular weight is 274 g/mol. The van der Waals surface area contributed by atoms with Gasteiger partial charge in [-0.3, -0.25) is 0 Å². The number of nitrogens with one attached hydrogen (secondary N) is 1. The first-order valence-corrected chi connectivity index (χ1v) is 7.87. The van der Waals surface area contributed by atoms with Crippen molar-refractivity contribution in [3.8, 4) is 0 Å². The van der Waals surface area contributed by atoms with E-state index in [1.807, 2.05) is 11.8 Å². The average Bonchev–Trinajstić information content (AvgIpc) is 2.92. The van der Waals surface area contributed by atoms with E-state index in [0.717, 1.165) is 28.4 Å². The molecule has 1 aromatic carbocycles. The van der Waals surface area contributed by atoms with Crippen molar-refractivity contribution in [2.45, 2.75) is 47.9 Å². The second-order valence-corrected chi connectivity index (χ2v) is 7.11. The van der Waals surface area contributed by atoms with Crippen LogP contribution in [0.5, 0.6) is 0 Å². The lowest BCUT2D eigenvalue weighted by molar-refractivity contribution is 0.183. The lowest BCUT2D eigenvalue weighted by Gasteiger charge is -2.36. The topological polar surface area (TPSA) is 44.8 Å². The van der Waals surface area contributed by atoms with Crippen LogP contribution in [-0.4, -0.2) is 44.7 Å². The third-order valence-electron chi connectivity index (χ3n) is 4.65. The Morgan fingerprint density at radius 2 is 1.89 bits per heavy atom. The zero-order valence-electron chi connectivity index (χ0n) is 11.0. The number of aromatic amines is 1. The quantitative estimate of drug-likeness (QED) is 0.914. The molecule has 2 fully saturated rings. The van der Waals surface area contributed by atoms with Gasteiger partial charge >= 0.3 is 0 Å². The highest BCUT2D eigenvalue weighted by Gasteiger charge is 2.38. The molecule has 2 bridgehead atoms. The third-order valence-corrected chi connectivity index (χ3v) is 5.89. The van der Waals surface area contributed by atoms with Crippen molar-refractivity contribution < 1.29 is 0 Å². The predicted molar refractivity (Wildman–Crippen MR) is 77.3 cm³/mol. The number of H-pyrrole nitrogens is 1. The summed E-state index contributed by atoms with van der Waals surface area (Å²) in [6.45, 7) is 0. The Labute approximate surface area is 116 Å². The van der Waals surface area contributed by atoms with Gasteiger partial charge in [0.1, 0.15) is 11.0 Å². The monoisotopic (exact) mass is 274 g/mol. The standard InChI is InChI=1S/C14H18N4S/c1-18-9-2-3-10(18)7-12(6-9)19-11-4-5-13-14(8-11)16-17-15-13/h4-5,8-10,12H,2-3,6-7H2,1H3,(H,15,16,17). The molecular formula is C14H18N4S. The Kier molecular flexibility index (Phi) is 2.77. The maximum atomic E-state index is 4.17. The van der Waals surface area contributed by atoms with Crippen LogP contribution in [0.2, 0.25) is 0 Å². The minimum Gasteiger partial charge on any atom is -0.300 e. The second-order valence-electron chi connectivity index (χ2n) is 5.74. The molecule has 5 heteroatoms. The van der Waals surface area contributed by atoms with Crippen LogP contribution >= 0.6 is 11.8 Å². The highest BCUT2D eigenvalue weighted by Crippen LogP contribution is 2.41. The van der Waals surface area contributed by atoms with Gasteiger partial charge in [0.15, 0.2) is 0 Å². The Bertz CT molecular complexity index is 582. The first-order chi connectivity index (χ1) is 9.29. The van der Waals surface area contributed by atoms with E-state index in [9.17, 15) is 0 Å². The van der Waals surface area contributed by atoms with E-state index in [-0.39, 0.29) is 0 Å². The highest BCUT2D eigenvalue weighted by atomic mass is 32.2. The molecule has 3 heterocycles. The molecule has 1 aromatic heterocycles. The SMILES string of the molecule is CN1C2CCC1CC(Sc1ccc3n[nH]nc3c1)C2. The van der Waals surface area contributed by atoms with Crippen LogP contribution < -0.4 is 0 Å². The number of aromatic nitrogens is 3. The molecule has 4 rings (SSSR count).